The van der Waals surface area contributed by atoms with Gasteiger partial charge in [-0.3, -0.25) is 4.79 Å². The molecule has 1 aliphatic heterocycles. The molecule has 30 heavy (non-hydrogen) atoms. The Balaban J connectivity index is 1.69. The molecule has 1 amide bonds. The zero-order chi connectivity index (χ0) is 21.3. The first-order chi connectivity index (χ1) is 14.5. The minimum Gasteiger partial charge on any atom is -0.494 e. The maximum atomic E-state index is 13.3. The van der Waals surface area contributed by atoms with E-state index in [1.807, 2.05) is 19.1 Å². The second kappa shape index (κ2) is 8.10. The zero-order valence-corrected chi connectivity index (χ0v) is 17.2. The van der Waals surface area contributed by atoms with Crippen molar-refractivity contribution in [3.8, 4) is 17.2 Å². The van der Waals surface area contributed by atoms with Gasteiger partial charge in [0.2, 0.25) is 0 Å². The second-order valence-electron chi connectivity index (χ2n) is 7.02. The van der Waals surface area contributed by atoms with Gasteiger partial charge in [0.1, 0.15) is 11.3 Å². The number of benzene rings is 2. The van der Waals surface area contributed by atoms with E-state index in [0.717, 1.165) is 11.1 Å². The van der Waals surface area contributed by atoms with Crippen molar-refractivity contribution in [1.82, 2.24) is 4.90 Å². The van der Waals surface area contributed by atoms with Gasteiger partial charge >= 0.3 is 5.63 Å². The van der Waals surface area contributed by atoms with Gasteiger partial charge in [-0.25, -0.2) is 4.79 Å². The summed E-state index contributed by atoms with van der Waals surface area (Å²) >= 11 is 0. The number of hydrogen-bond donors (Lipinski definition) is 0. The molecule has 0 bridgehead atoms. The maximum absolute atomic E-state index is 13.3. The molecule has 4 rings (SSSR count). The molecule has 1 aliphatic rings. The Labute approximate surface area is 173 Å². The molecule has 0 unspecified atom stereocenters. The lowest BCUT2D eigenvalue weighted by atomic mass is 9.98. The summed E-state index contributed by atoms with van der Waals surface area (Å²) in [6.07, 6.45) is 0.690. The Morgan fingerprint density at radius 2 is 1.80 bits per heavy atom. The first kappa shape index (κ1) is 19.8. The van der Waals surface area contributed by atoms with Crippen molar-refractivity contribution < 1.29 is 23.4 Å². The van der Waals surface area contributed by atoms with Crippen molar-refractivity contribution in [2.75, 3.05) is 27.4 Å². The summed E-state index contributed by atoms with van der Waals surface area (Å²) in [7, 11) is 3.19. The Morgan fingerprint density at radius 1 is 1.07 bits per heavy atom. The highest BCUT2D eigenvalue weighted by atomic mass is 16.5. The van der Waals surface area contributed by atoms with Crippen LogP contribution >= 0.6 is 0 Å². The minimum atomic E-state index is -0.566. The van der Waals surface area contributed by atoms with E-state index >= 15 is 0 Å². The molecule has 0 saturated heterocycles. The summed E-state index contributed by atoms with van der Waals surface area (Å²) in [5, 5.41) is 0.584. The van der Waals surface area contributed by atoms with E-state index in [1.54, 1.807) is 37.3 Å². The van der Waals surface area contributed by atoms with Crippen LogP contribution in [0.2, 0.25) is 0 Å². The minimum absolute atomic E-state index is 0.211. The van der Waals surface area contributed by atoms with Gasteiger partial charge in [-0.2, -0.15) is 0 Å². The maximum Gasteiger partial charge on any atom is 0.337 e. The van der Waals surface area contributed by atoms with Crippen LogP contribution in [0, 0.1) is 0 Å². The third-order valence-corrected chi connectivity index (χ3v) is 5.26. The normalized spacial score (nSPS) is 13.1. The summed E-state index contributed by atoms with van der Waals surface area (Å²) in [6, 6.07) is 10.3. The zero-order valence-electron chi connectivity index (χ0n) is 17.2. The summed E-state index contributed by atoms with van der Waals surface area (Å²) in [4.78, 5) is 27.2. The molecule has 3 aromatic rings. The van der Waals surface area contributed by atoms with Crippen molar-refractivity contribution in [3.05, 3.63) is 63.5 Å². The average Bonchev–Trinajstić information content (AvgIpc) is 2.76. The van der Waals surface area contributed by atoms with Crippen LogP contribution in [0.3, 0.4) is 0 Å². The predicted molar refractivity (Wildman–Crippen MR) is 112 cm³/mol. The molecular formula is C23H23NO6. The summed E-state index contributed by atoms with van der Waals surface area (Å²) in [6.45, 7) is 3.34. The number of nitrogens with zero attached hydrogens (tertiary/aromatic N) is 1. The smallest absolute Gasteiger partial charge is 0.337 e. The van der Waals surface area contributed by atoms with E-state index in [4.69, 9.17) is 18.6 Å². The predicted octanol–water partition coefficient (Wildman–Crippen LogP) is 3.41. The highest BCUT2D eigenvalue weighted by Gasteiger charge is 2.25. The van der Waals surface area contributed by atoms with Crippen molar-refractivity contribution in [3.63, 3.8) is 0 Å². The molecule has 156 valence electrons. The largest absolute Gasteiger partial charge is 0.494 e. The fraction of sp³-hybridized carbons (Fsp3) is 0.304. The van der Waals surface area contributed by atoms with Crippen LogP contribution < -0.4 is 19.8 Å². The van der Waals surface area contributed by atoms with Gasteiger partial charge in [0.15, 0.2) is 11.5 Å². The molecule has 0 radical (unpaired) electrons. The number of methoxy groups -OCH3 is 2. The van der Waals surface area contributed by atoms with Crippen LogP contribution in [-0.4, -0.2) is 38.2 Å². The molecule has 0 aliphatic carbocycles. The van der Waals surface area contributed by atoms with E-state index in [0.29, 0.717) is 59.9 Å². The van der Waals surface area contributed by atoms with E-state index in [1.165, 1.54) is 6.07 Å². The topological polar surface area (TPSA) is 78.2 Å². The van der Waals surface area contributed by atoms with Crippen LogP contribution in [0.25, 0.3) is 11.0 Å². The summed E-state index contributed by atoms with van der Waals surface area (Å²) in [5.41, 5.74) is 2.21. The summed E-state index contributed by atoms with van der Waals surface area (Å²) < 4.78 is 21.5. The second-order valence-corrected chi connectivity index (χ2v) is 7.02. The number of carbonyl (C=O) groups is 1. The molecule has 7 heteroatoms. The Kier molecular flexibility index (Phi) is 5.35. The monoisotopic (exact) mass is 409 g/mol. The standard InChI is InChI=1S/C23H23NO6/c1-4-29-16-5-6-17-18(12-22(25)30-19(17)11-16)23(26)24-8-7-14-9-20(27-2)21(28-3)10-15(14)13-24/h5-6,9-12H,4,7-8,13H2,1-3H3. The van der Waals surface area contributed by atoms with Gasteiger partial charge in [0.25, 0.3) is 5.91 Å². The van der Waals surface area contributed by atoms with Crippen LogP contribution in [-0.2, 0) is 13.0 Å². The van der Waals surface area contributed by atoms with Crippen LogP contribution in [0.15, 0.2) is 45.6 Å². The van der Waals surface area contributed by atoms with Gasteiger partial charge < -0.3 is 23.5 Å². The number of fused-ring (bicyclic) bond motifs is 2. The third-order valence-electron chi connectivity index (χ3n) is 5.26. The van der Waals surface area contributed by atoms with Crippen molar-refractivity contribution >= 4 is 16.9 Å². The highest BCUT2D eigenvalue weighted by Crippen LogP contribution is 2.34. The van der Waals surface area contributed by atoms with Crippen LogP contribution in [0.4, 0.5) is 0 Å². The van der Waals surface area contributed by atoms with Gasteiger partial charge in [-0.15, -0.1) is 0 Å². The molecule has 2 aromatic carbocycles. The number of rotatable bonds is 5. The molecule has 7 nitrogen and oxygen atoms in total. The van der Waals surface area contributed by atoms with E-state index < -0.39 is 5.63 Å². The highest BCUT2D eigenvalue weighted by molar-refractivity contribution is 6.05. The molecule has 0 atom stereocenters. The number of amides is 1. The number of ether oxygens (including phenoxy) is 3. The molecule has 2 heterocycles. The Hall–Kier alpha value is -3.48. The first-order valence-electron chi connectivity index (χ1n) is 9.77. The van der Waals surface area contributed by atoms with E-state index in [-0.39, 0.29) is 5.91 Å². The number of hydrogen-bond acceptors (Lipinski definition) is 6. The molecular weight excluding hydrogens is 386 g/mol. The lowest BCUT2D eigenvalue weighted by molar-refractivity contribution is 0.0735. The molecule has 1 aromatic heterocycles. The van der Waals surface area contributed by atoms with Crippen LogP contribution in [0.1, 0.15) is 28.4 Å². The molecule has 0 saturated carbocycles. The van der Waals surface area contributed by atoms with Crippen molar-refractivity contribution in [1.29, 1.82) is 0 Å². The molecule has 0 spiro atoms. The van der Waals surface area contributed by atoms with Crippen molar-refractivity contribution in [2.24, 2.45) is 0 Å². The fourth-order valence-electron chi connectivity index (χ4n) is 3.80. The van der Waals surface area contributed by atoms with E-state index in [9.17, 15) is 9.59 Å². The Morgan fingerprint density at radius 3 is 2.50 bits per heavy atom. The summed E-state index contributed by atoms with van der Waals surface area (Å²) in [5.74, 6) is 1.68. The quantitative estimate of drug-likeness (QED) is 0.601. The van der Waals surface area contributed by atoms with Gasteiger partial charge in [0, 0.05) is 30.6 Å². The number of carbonyl (C=O) groups excluding carboxylic acids is 1. The lowest BCUT2D eigenvalue weighted by Gasteiger charge is -2.30. The van der Waals surface area contributed by atoms with Gasteiger partial charge in [-0.1, -0.05) is 0 Å². The van der Waals surface area contributed by atoms with Crippen LogP contribution in [0.5, 0.6) is 17.2 Å². The van der Waals surface area contributed by atoms with Gasteiger partial charge in [0.05, 0.1) is 26.4 Å². The SMILES string of the molecule is CCOc1ccc2c(C(=O)N3CCc4cc(OC)c(OC)cc4C3)cc(=O)oc2c1. The average molecular weight is 409 g/mol. The fourth-order valence-corrected chi connectivity index (χ4v) is 3.80. The van der Waals surface area contributed by atoms with Gasteiger partial charge in [-0.05, 0) is 48.7 Å². The molecule has 0 N–H and O–H groups in total. The van der Waals surface area contributed by atoms with Crippen molar-refractivity contribution in [2.45, 2.75) is 19.9 Å². The first-order valence-corrected chi connectivity index (χ1v) is 9.77. The Bertz CT molecular complexity index is 1170. The molecule has 0 fully saturated rings. The van der Waals surface area contributed by atoms with E-state index in [2.05, 4.69) is 0 Å². The lowest BCUT2D eigenvalue weighted by Crippen LogP contribution is -2.36. The third kappa shape index (κ3) is 3.58.